The van der Waals surface area contributed by atoms with Crippen LogP contribution in [0.1, 0.15) is 60.3 Å². The Morgan fingerprint density at radius 2 is 2.11 bits per heavy atom. The third-order valence-corrected chi connectivity index (χ3v) is 3.47. The molecule has 1 aliphatic heterocycles. The quantitative estimate of drug-likeness (QED) is 0.853. The van der Waals surface area contributed by atoms with Crippen LogP contribution >= 0.6 is 0 Å². The summed E-state index contributed by atoms with van der Waals surface area (Å²) in [4.78, 5) is 14.2. The van der Waals surface area contributed by atoms with Crippen molar-refractivity contribution in [2.24, 2.45) is 0 Å². The highest BCUT2D eigenvalue weighted by atomic mass is 16.6. The number of ether oxygens (including phenoxy) is 1. The van der Waals surface area contributed by atoms with Crippen LogP contribution in [-0.4, -0.2) is 41.8 Å². The lowest BCUT2D eigenvalue weighted by Gasteiger charge is -2.40. The van der Waals surface area contributed by atoms with Gasteiger partial charge in [-0.1, -0.05) is 6.92 Å². The molecule has 112 valence electrons. The second kappa shape index (κ2) is 7.13. The summed E-state index contributed by atoms with van der Waals surface area (Å²) in [6.45, 7) is 11.9. The maximum Gasteiger partial charge on any atom is 0.410 e. The van der Waals surface area contributed by atoms with Crippen LogP contribution < -0.4 is 5.32 Å². The number of rotatable bonds is 4. The van der Waals surface area contributed by atoms with E-state index in [2.05, 4.69) is 19.2 Å². The zero-order valence-electron chi connectivity index (χ0n) is 13.2. The molecule has 1 aliphatic rings. The largest absolute Gasteiger partial charge is 0.444 e. The maximum absolute atomic E-state index is 12.3. The van der Waals surface area contributed by atoms with Gasteiger partial charge in [0.15, 0.2) is 0 Å². The Hall–Kier alpha value is -0.770. The maximum atomic E-state index is 12.3. The number of hydrogen-bond donors (Lipinski definition) is 1. The molecule has 1 heterocycles. The van der Waals surface area contributed by atoms with Crippen LogP contribution in [0.3, 0.4) is 0 Å². The SMILES string of the molecule is CCCNC(C)C1CCCCN1C(=O)OC(C)(C)C. The Labute approximate surface area is 117 Å². The van der Waals surface area contributed by atoms with Crippen molar-refractivity contribution in [3.8, 4) is 0 Å². The summed E-state index contributed by atoms with van der Waals surface area (Å²) in [6.07, 6.45) is 4.29. The average molecular weight is 270 g/mol. The van der Waals surface area contributed by atoms with Crippen LogP contribution in [0.4, 0.5) is 4.79 Å². The fourth-order valence-electron chi connectivity index (χ4n) is 2.53. The van der Waals surface area contributed by atoms with Crippen LogP contribution in [0.2, 0.25) is 0 Å². The average Bonchev–Trinajstić information content (AvgIpc) is 2.34. The van der Waals surface area contributed by atoms with Crippen molar-refractivity contribution in [2.45, 2.75) is 78.0 Å². The van der Waals surface area contributed by atoms with Crippen LogP contribution in [0, 0.1) is 0 Å². The topological polar surface area (TPSA) is 41.6 Å². The number of likely N-dealkylation sites (tertiary alicyclic amines) is 1. The molecule has 1 fully saturated rings. The van der Waals surface area contributed by atoms with E-state index < -0.39 is 5.60 Å². The predicted molar refractivity (Wildman–Crippen MR) is 78.3 cm³/mol. The van der Waals surface area contributed by atoms with Crippen molar-refractivity contribution >= 4 is 6.09 Å². The lowest BCUT2D eigenvalue weighted by Crippen LogP contribution is -2.54. The van der Waals surface area contributed by atoms with Gasteiger partial charge in [-0.05, 0) is 59.9 Å². The van der Waals surface area contributed by atoms with Gasteiger partial charge in [0.05, 0.1) is 6.04 Å². The Kier molecular flexibility index (Phi) is 6.11. The minimum absolute atomic E-state index is 0.164. The highest BCUT2D eigenvalue weighted by Gasteiger charge is 2.33. The van der Waals surface area contributed by atoms with Gasteiger partial charge in [0.2, 0.25) is 0 Å². The van der Waals surface area contributed by atoms with Crippen molar-refractivity contribution in [2.75, 3.05) is 13.1 Å². The highest BCUT2D eigenvalue weighted by molar-refractivity contribution is 5.68. The van der Waals surface area contributed by atoms with Crippen LogP contribution in [0.15, 0.2) is 0 Å². The molecular weight excluding hydrogens is 240 g/mol. The highest BCUT2D eigenvalue weighted by Crippen LogP contribution is 2.22. The van der Waals surface area contributed by atoms with Gasteiger partial charge in [0.25, 0.3) is 0 Å². The lowest BCUT2D eigenvalue weighted by atomic mass is 9.97. The molecule has 2 atom stereocenters. The number of carbonyl (C=O) groups is 1. The Balaban J connectivity index is 2.63. The molecule has 0 aromatic heterocycles. The molecule has 1 amide bonds. The van der Waals surface area contributed by atoms with Crippen LogP contribution in [0.25, 0.3) is 0 Å². The fraction of sp³-hybridized carbons (Fsp3) is 0.933. The number of nitrogens with one attached hydrogen (secondary N) is 1. The summed E-state index contributed by atoms with van der Waals surface area (Å²) < 4.78 is 5.52. The second-order valence-electron chi connectivity index (χ2n) is 6.48. The predicted octanol–water partition coefficient (Wildman–Crippen LogP) is 3.16. The van der Waals surface area contributed by atoms with Gasteiger partial charge in [-0.25, -0.2) is 4.79 Å². The summed E-state index contributed by atoms with van der Waals surface area (Å²) in [5, 5.41) is 3.50. The molecule has 19 heavy (non-hydrogen) atoms. The summed E-state index contributed by atoms with van der Waals surface area (Å²) in [7, 11) is 0. The number of piperidine rings is 1. The van der Waals surface area contributed by atoms with E-state index in [4.69, 9.17) is 4.74 Å². The molecule has 0 radical (unpaired) electrons. The first kappa shape index (κ1) is 16.3. The monoisotopic (exact) mass is 270 g/mol. The Morgan fingerprint density at radius 3 is 2.68 bits per heavy atom. The summed E-state index contributed by atoms with van der Waals surface area (Å²) in [5.74, 6) is 0. The molecular formula is C15H30N2O2. The Morgan fingerprint density at radius 1 is 1.42 bits per heavy atom. The lowest BCUT2D eigenvalue weighted by molar-refractivity contribution is 0.00564. The second-order valence-corrected chi connectivity index (χ2v) is 6.48. The van der Waals surface area contributed by atoms with E-state index in [1.54, 1.807) is 0 Å². The fourth-order valence-corrected chi connectivity index (χ4v) is 2.53. The molecule has 0 aromatic carbocycles. The molecule has 0 spiro atoms. The van der Waals surface area contributed by atoms with Gasteiger partial charge in [0.1, 0.15) is 5.60 Å². The van der Waals surface area contributed by atoms with Gasteiger partial charge in [0, 0.05) is 12.6 Å². The van der Waals surface area contributed by atoms with Gasteiger partial charge in [-0.15, -0.1) is 0 Å². The van der Waals surface area contributed by atoms with E-state index in [-0.39, 0.29) is 12.1 Å². The number of hydrogen-bond acceptors (Lipinski definition) is 3. The summed E-state index contributed by atoms with van der Waals surface area (Å²) in [5.41, 5.74) is -0.417. The van der Waals surface area contributed by atoms with E-state index >= 15 is 0 Å². The minimum atomic E-state index is -0.417. The molecule has 0 aromatic rings. The van der Waals surface area contributed by atoms with Gasteiger partial charge in [-0.2, -0.15) is 0 Å². The molecule has 1 saturated heterocycles. The standard InChI is InChI=1S/C15H30N2O2/c1-6-10-16-12(2)13-9-7-8-11-17(13)14(18)19-15(3,4)5/h12-13,16H,6-11H2,1-5H3. The van der Waals surface area contributed by atoms with Gasteiger partial charge >= 0.3 is 6.09 Å². The molecule has 1 rings (SSSR count). The van der Waals surface area contributed by atoms with Gasteiger partial charge < -0.3 is 15.0 Å². The first-order valence-electron chi connectivity index (χ1n) is 7.58. The normalized spacial score (nSPS) is 22.2. The van der Waals surface area contributed by atoms with Crippen molar-refractivity contribution in [1.29, 1.82) is 0 Å². The Bertz CT molecular complexity index is 286. The number of nitrogens with zero attached hydrogens (tertiary/aromatic N) is 1. The van der Waals surface area contributed by atoms with Crippen LogP contribution in [-0.2, 0) is 4.74 Å². The van der Waals surface area contributed by atoms with Crippen molar-refractivity contribution in [3.05, 3.63) is 0 Å². The number of amides is 1. The summed E-state index contributed by atoms with van der Waals surface area (Å²) in [6, 6.07) is 0.586. The minimum Gasteiger partial charge on any atom is -0.444 e. The molecule has 1 N–H and O–H groups in total. The smallest absolute Gasteiger partial charge is 0.410 e. The van der Waals surface area contributed by atoms with E-state index in [1.165, 1.54) is 6.42 Å². The first-order valence-corrected chi connectivity index (χ1v) is 7.58. The van der Waals surface area contributed by atoms with Gasteiger partial charge in [-0.3, -0.25) is 0 Å². The molecule has 0 bridgehead atoms. The zero-order valence-corrected chi connectivity index (χ0v) is 13.2. The third kappa shape index (κ3) is 5.39. The van der Waals surface area contributed by atoms with E-state index in [0.717, 1.165) is 32.4 Å². The van der Waals surface area contributed by atoms with E-state index in [0.29, 0.717) is 6.04 Å². The molecule has 0 aliphatic carbocycles. The molecule has 4 heteroatoms. The molecule has 4 nitrogen and oxygen atoms in total. The zero-order chi connectivity index (χ0) is 14.5. The summed E-state index contributed by atoms with van der Waals surface area (Å²) >= 11 is 0. The number of carbonyl (C=O) groups excluding carboxylic acids is 1. The van der Waals surface area contributed by atoms with E-state index in [9.17, 15) is 4.79 Å². The van der Waals surface area contributed by atoms with Crippen molar-refractivity contribution in [1.82, 2.24) is 10.2 Å². The van der Waals surface area contributed by atoms with E-state index in [1.807, 2.05) is 25.7 Å². The molecule has 0 saturated carbocycles. The van der Waals surface area contributed by atoms with Crippen molar-refractivity contribution < 1.29 is 9.53 Å². The van der Waals surface area contributed by atoms with Crippen molar-refractivity contribution in [3.63, 3.8) is 0 Å². The molecule has 2 unspecified atom stereocenters. The first-order chi connectivity index (χ1) is 8.85. The third-order valence-electron chi connectivity index (χ3n) is 3.47. The van der Waals surface area contributed by atoms with Crippen LogP contribution in [0.5, 0.6) is 0 Å².